The molecule has 1 N–H and O–H groups in total. The van der Waals surface area contributed by atoms with E-state index in [1.807, 2.05) is 13.0 Å². The van der Waals surface area contributed by atoms with E-state index in [-0.39, 0.29) is 24.8 Å². The minimum Gasteiger partial charge on any atom is -0.493 e. The topological polar surface area (TPSA) is 33.7 Å². The van der Waals surface area contributed by atoms with E-state index in [4.69, 9.17) is 21.1 Å². The molecule has 0 aromatic heterocycles. The number of nitrogens with zero attached hydrogens (tertiary/aromatic N) is 1. The van der Waals surface area contributed by atoms with Crippen LogP contribution in [0, 0.1) is 0 Å². The lowest BCUT2D eigenvalue weighted by Gasteiger charge is -2.32. The predicted octanol–water partition coefficient (Wildman–Crippen LogP) is 5.35. The molecule has 1 saturated heterocycles. The first-order valence-electron chi connectivity index (χ1n) is 9.68. The normalized spacial score (nSPS) is 14.6. The molecule has 0 aliphatic carbocycles. The van der Waals surface area contributed by atoms with Crippen LogP contribution in [0.1, 0.15) is 30.9 Å². The second-order valence-electron chi connectivity index (χ2n) is 6.95. The average Bonchev–Trinajstić information content (AvgIpc) is 2.69. The number of hydrogen-bond acceptors (Lipinski definition) is 4. The summed E-state index contributed by atoms with van der Waals surface area (Å²) in [4.78, 5) is 2.53. The molecule has 2 aromatic rings. The van der Waals surface area contributed by atoms with Gasteiger partial charge in [0.2, 0.25) is 0 Å². The summed E-state index contributed by atoms with van der Waals surface area (Å²) >= 11 is 6.25. The summed E-state index contributed by atoms with van der Waals surface area (Å²) in [6, 6.07) is 15.0. The molecule has 0 saturated carbocycles. The van der Waals surface area contributed by atoms with Crippen LogP contribution in [0.3, 0.4) is 0 Å². The minimum atomic E-state index is 0. The largest absolute Gasteiger partial charge is 0.493 e. The molecule has 0 unspecified atom stereocenters. The summed E-state index contributed by atoms with van der Waals surface area (Å²) in [7, 11) is 1.65. The smallest absolute Gasteiger partial charge is 0.165 e. The Balaban J connectivity index is 0.00000210. The first-order chi connectivity index (χ1) is 13.2. The summed E-state index contributed by atoms with van der Waals surface area (Å²) in [5, 5.41) is 4.35. The predicted molar refractivity (Wildman–Crippen MR) is 125 cm³/mol. The van der Waals surface area contributed by atoms with Crippen LogP contribution in [-0.2, 0) is 13.1 Å². The van der Waals surface area contributed by atoms with Gasteiger partial charge in [-0.1, -0.05) is 41.9 Å². The van der Waals surface area contributed by atoms with Crippen LogP contribution in [0.25, 0.3) is 0 Å². The maximum absolute atomic E-state index is 6.25. The third-order valence-corrected chi connectivity index (χ3v) is 5.24. The fourth-order valence-electron chi connectivity index (χ4n) is 3.60. The van der Waals surface area contributed by atoms with Crippen molar-refractivity contribution in [3.63, 3.8) is 0 Å². The van der Waals surface area contributed by atoms with Crippen molar-refractivity contribution in [1.82, 2.24) is 10.2 Å². The van der Waals surface area contributed by atoms with Gasteiger partial charge in [-0.3, -0.25) is 4.90 Å². The fourth-order valence-corrected chi connectivity index (χ4v) is 3.84. The lowest BCUT2D eigenvalue weighted by molar-refractivity contribution is 0.189. The molecule has 0 spiro atoms. The van der Waals surface area contributed by atoms with E-state index < -0.39 is 0 Å². The van der Waals surface area contributed by atoms with Gasteiger partial charge in [0.05, 0.1) is 13.7 Å². The van der Waals surface area contributed by atoms with Crippen molar-refractivity contribution in [3.05, 3.63) is 58.6 Å². The summed E-state index contributed by atoms with van der Waals surface area (Å²) in [5.41, 5.74) is 2.43. The molecule has 0 atom stereocenters. The van der Waals surface area contributed by atoms with E-state index in [1.54, 1.807) is 13.2 Å². The number of rotatable bonds is 8. The second-order valence-corrected chi connectivity index (χ2v) is 7.38. The van der Waals surface area contributed by atoms with Crippen molar-refractivity contribution in [2.24, 2.45) is 0 Å². The maximum atomic E-state index is 6.25. The molecule has 1 aliphatic rings. The van der Waals surface area contributed by atoms with Gasteiger partial charge in [-0.25, -0.2) is 0 Å². The van der Waals surface area contributed by atoms with E-state index in [9.17, 15) is 0 Å². The summed E-state index contributed by atoms with van der Waals surface area (Å²) < 4.78 is 11.2. The zero-order valence-corrected chi connectivity index (χ0v) is 19.4. The molecule has 7 heteroatoms. The van der Waals surface area contributed by atoms with Gasteiger partial charge in [0.1, 0.15) is 0 Å². The van der Waals surface area contributed by atoms with Crippen LogP contribution < -0.4 is 14.8 Å². The van der Waals surface area contributed by atoms with Gasteiger partial charge >= 0.3 is 0 Å². The minimum absolute atomic E-state index is 0. The fraction of sp³-hybridized carbons (Fsp3) is 0.455. The van der Waals surface area contributed by atoms with E-state index in [0.717, 1.165) is 50.3 Å². The van der Waals surface area contributed by atoms with Gasteiger partial charge in [-0.15, -0.1) is 24.8 Å². The quantitative estimate of drug-likeness (QED) is 0.575. The Morgan fingerprint density at radius 3 is 2.41 bits per heavy atom. The van der Waals surface area contributed by atoms with Crippen LogP contribution in [0.4, 0.5) is 0 Å². The highest BCUT2D eigenvalue weighted by Gasteiger charge is 2.20. The SMILES string of the molecule is CCOc1c(CNC2CCN(Cc3ccccc3)CC2)cc(Cl)cc1OC.Cl.Cl. The number of ether oxygens (including phenoxy) is 2. The van der Waals surface area contributed by atoms with Gasteiger partial charge in [-0.05, 0) is 44.5 Å². The third-order valence-electron chi connectivity index (χ3n) is 5.02. The molecule has 1 fully saturated rings. The van der Waals surface area contributed by atoms with E-state index in [0.29, 0.717) is 23.4 Å². The zero-order chi connectivity index (χ0) is 19.1. The highest BCUT2D eigenvalue weighted by molar-refractivity contribution is 6.30. The van der Waals surface area contributed by atoms with Gasteiger partial charge in [-0.2, -0.15) is 0 Å². The molecule has 3 rings (SSSR count). The number of methoxy groups -OCH3 is 1. The molecule has 162 valence electrons. The van der Waals surface area contributed by atoms with E-state index in [2.05, 4.69) is 40.5 Å². The Labute approximate surface area is 191 Å². The Hall–Kier alpha value is -1.17. The van der Waals surface area contributed by atoms with Crippen molar-refractivity contribution < 1.29 is 9.47 Å². The maximum Gasteiger partial charge on any atom is 0.165 e. The Morgan fingerprint density at radius 1 is 1.10 bits per heavy atom. The molecule has 2 aromatic carbocycles. The Kier molecular flexibility index (Phi) is 11.8. The van der Waals surface area contributed by atoms with Crippen LogP contribution in [0.2, 0.25) is 5.02 Å². The number of benzene rings is 2. The van der Waals surface area contributed by atoms with Gasteiger partial charge in [0, 0.05) is 35.8 Å². The number of piperidine rings is 1. The van der Waals surface area contributed by atoms with Crippen molar-refractivity contribution in [2.75, 3.05) is 26.8 Å². The van der Waals surface area contributed by atoms with Crippen molar-refractivity contribution >= 4 is 36.4 Å². The number of nitrogens with one attached hydrogen (secondary N) is 1. The number of likely N-dealkylation sites (tertiary alicyclic amines) is 1. The van der Waals surface area contributed by atoms with Crippen molar-refractivity contribution in [1.29, 1.82) is 0 Å². The Bertz CT molecular complexity index is 723. The standard InChI is InChI=1S/C22H29ClN2O2.2ClH/c1-3-27-22-18(13-19(23)14-21(22)26-2)15-24-20-9-11-25(12-10-20)16-17-7-5-4-6-8-17;;/h4-8,13-14,20,24H,3,9-12,15-16H2,1-2H3;2*1H. The van der Waals surface area contributed by atoms with Gasteiger partial charge < -0.3 is 14.8 Å². The molecule has 0 radical (unpaired) electrons. The molecule has 29 heavy (non-hydrogen) atoms. The lowest BCUT2D eigenvalue weighted by Crippen LogP contribution is -2.41. The zero-order valence-electron chi connectivity index (χ0n) is 17.0. The molecule has 1 aliphatic heterocycles. The lowest BCUT2D eigenvalue weighted by atomic mass is 10.0. The molecular weight excluding hydrogens is 431 g/mol. The first-order valence-corrected chi connectivity index (χ1v) is 10.1. The van der Waals surface area contributed by atoms with Gasteiger partial charge in [0.25, 0.3) is 0 Å². The van der Waals surface area contributed by atoms with Gasteiger partial charge in [0.15, 0.2) is 11.5 Å². The van der Waals surface area contributed by atoms with E-state index in [1.165, 1.54) is 5.56 Å². The molecule has 4 nitrogen and oxygen atoms in total. The number of hydrogen-bond donors (Lipinski definition) is 1. The van der Waals surface area contributed by atoms with E-state index >= 15 is 0 Å². The summed E-state index contributed by atoms with van der Waals surface area (Å²) in [6.07, 6.45) is 2.29. The molecule has 0 bridgehead atoms. The monoisotopic (exact) mass is 460 g/mol. The number of halogens is 3. The third kappa shape index (κ3) is 7.54. The molecular formula is C22H31Cl3N2O2. The average molecular weight is 462 g/mol. The highest BCUT2D eigenvalue weighted by Crippen LogP contribution is 2.35. The Morgan fingerprint density at radius 2 is 1.79 bits per heavy atom. The molecule has 0 amide bonds. The highest BCUT2D eigenvalue weighted by atomic mass is 35.5. The summed E-state index contributed by atoms with van der Waals surface area (Å²) in [6.45, 7) is 6.58. The van der Waals surface area contributed by atoms with Crippen LogP contribution in [-0.4, -0.2) is 37.7 Å². The summed E-state index contributed by atoms with van der Waals surface area (Å²) in [5.74, 6) is 1.48. The molecule has 1 heterocycles. The van der Waals surface area contributed by atoms with Crippen LogP contribution >= 0.6 is 36.4 Å². The first kappa shape index (κ1) is 25.9. The van der Waals surface area contributed by atoms with Crippen LogP contribution in [0.15, 0.2) is 42.5 Å². The van der Waals surface area contributed by atoms with Crippen LogP contribution in [0.5, 0.6) is 11.5 Å². The second kappa shape index (κ2) is 13.2. The van der Waals surface area contributed by atoms with Crippen molar-refractivity contribution in [3.8, 4) is 11.5 Å². The van der Waals surface area contributed by atoms with Crippen molar-refractivity contribution in [2.45, 2.75) is 38.9 Å².